The van der Waals surface area contributed by atoms with E-state index in [2.05, 4.69) is 35.2 Å². The highest BCUT2D eigenvalue weighted by Gasteiger charge is 2.47. The molecule has 2 aliphatic rings. The minimum atomic E-state index is -0.0327. The summed E-state index contributed by atoms with van der Waals surface area (Å²) < 4.78 is 0. The Balaban J connectivity index is 1.52. The molecule has 2 fully saturated rings. The summed E-state index contributed by atoms with van der Waals surface area (Å²) in [6.07, 6.45) is 4.74. The topological polar surface area (TPSA) is 32.8 Å². The minimum Gasteiger partial charge on any atom is -0.303 e. The number of amides is 1. The largest absolute Gasteiger partial charge is 0.303 e. The predicted octanol–water partition coefficient (Wildman–Crippen LogP) is 2.25. The maximum atomic E-state index is 11.9. The maximum Gasteiger partial charge on any atom is 0.246 e. The summed E-state index contributed by atoms with van der Waals surface area (Å²) in [4.78, 5) is 19.7. The second-order valence-electron chi connectivity index (χ2n) is 6.17. The van der Waals surface area contributed by atoms with Crippen LogP contribution in [0.25, 0.3) is 0 Å². The van der Waals surface area contributed by atoms with Gasteiger partial charge in [-0.05, 0) is 31.2 Å². The molecular weight excluding hydrogens is 264 g/mol. The Labute approximate surface area is 126 Å². The number of carbonyl (C=O) groups is 1. The molecule has 4 heteroatoms. The highest BCUT2D eigenvalue weighted by atomic mass is 16.7. The molecule has 2 saturated heterocycles. The van der Waals surface area contributed by atoms with Gasteiger partial charge in [0.25, 0.3) is 0 Å². The van der Waals surface area contributed by atoms with E-state index in [-0.39, 0.29) is 11.4 Å². The van der Waals surface area contributed by atoms with Crippen molar-refractivity contribution in [3.63, 3.8) is 0 Å². The van der Waals surface area contributed by atoms with E-state index in [1.165, 1.54) is 5.56 Å². The third kappa shape index (κ3) is 2.97. The van der Waals surface area contributed by atoms with Crippen molar-refractivity contribution in [3.05, 3.63) is 35.9 Å². The Morgan fingerprint density at radius 1 is 1.14 bits per heavy atom. The van der Waals surface area contributed by atoms with E-state index in [4.69, 9.17) is 4.84 Å². The fourth-order valence-corrected chi connectivity index (χ4v) is 3.68. The van der Waals surface area contributed by atoms with Crippen LogP contribution in [-0.2, 0) is 16.1 Å². The fraction of sp³-hybridized carbons (Fsp3) is 0.588. The Hall–Kier alpha value is -1.39. The fourth-order valence-electron chi connectivity index (χ4n) is 3.68. The quantitative estimate of drug-likeness (QED) is 0.852. The SMILES string of the molecule is CON1C(=O)CCC12CCN(CCc1ccccc1)CC2. The Bertz CT molecular complexity index is 481. The molecule has 1 spiro atoms. The van der Waals surface area contributed by atoms with E-state index >= 15 is 0 Å². The molecule has 0 radical (unpaired) electrons. The molecule has 1 aromatic rings. The van der Waals surface area contributed by atoms with Gasteiger partial charge in [-0.15, -0.1) is 0 Å². The van der Waals surface area contributed by atoms with E-state index in [0.717, 1.165) is 45.3 Å². The zero-order chi connectivity index (χ0) is 14.7. The van der Waals surface area contributed by atoms with Gasteiger partial charge in [0.15, 0.2) is 0 Å². The first kappa shape index (κ1) is 14.5. The summed E-state index contributed by atoms with van der Waals surface area (Å²) in [6, 6.07) is 10.6. The number of rotatable bonds is 4. The number of piperidine rings is 1. The second-order valence-corrected chi connectivity index (χ2v) is 6.17. The summed E-state index contributed by atoms with van der Waals surface area (Å²) >= 11 is 0. The van der Waals surface area contributed by atoms with Crippen molar-refractivity contribution in [2.75, 3.05) is 26.7 Å². The van der Waals surface area contributed by atoms with Crippen LogP contribution in [0.1, 0.15) is 31.2 Å². The summed E-state index contributed by atoms with van der Waals surface area (Å²) in [5, 5.41) is 1.65. The normalized spacial score (nSPS) is 22.1. The molecule has 0 N–H and O–H groups in total. The van der Waals surface area contributed by atoms with Crippen LogP contribution in [0.4, 0.5) is 0 Å². The van der Waals surface area contributed by atoms with Gasteiger partial charge < -0.3 is 4.90 Å². The number of hydrogen-bond acceptors (Lipinski definition) is 3. The molecular formula is C17H24N2O2. The molecule has 0 atom stereocenters. The zero-order valence-electron chi connectivity index (χ0n) is 12.8. The lowest BCUT2D eigenvalue weighted by atomic mass is 9.86. The number of likely N-dealkylation sites (tertiary alicyclic amines) is 1. The molecule has 0 unspecified atom stereocenters. The van der Waals surface area contributed by atoms with Gasteiger partial charge >= 0.3 is 0 Å². The highest BCUT2D eigenvalue weighted by Crippen LogP contribution is 2.38. The Morgan fingerprint density at radius 3 is 2.52 bits per heavy atom. The predicted molar refractivity (Wildman–Crippen MR) is 81.6 cm³/mol. The van der Waals surface area contributed by atoms with Crippen LogP contribution in [-0.4, -0.2) is 48.2 Å². The van der Waals surface area contributed by atoms with Gasteiger partial charge in [0, 0.05) is 26.1 Å². The number of hydrogen-bond donors (Lipinski definition) is 0. The van der Waals surface area contributed by atoms with Crippen molar-refractivity contribution < 1.29 is 9.63 Å². The molecule has 0 saturated carbocycles. The minimum absolute atomic E-state index is 0.0327. The number of carbonyl (C=O) groups excluding carboxylic acids is 1. The van der Waals surface area contributed by atoms with Gasteiger partial charge in [-0.25, -0.2) is 5.06 Å². The Kier molecular flexibility index (Phi) is 4.27. The highest BCUT2D eigenvalue weighted by molar-refractivity contribution is 5.78. The smallest absolute Gasteiger partial charge is 0.246 e. The van der Waals surface area contributed by atoms with Crippen LogP contribution in [0.5, 0.6) is 0 Å². The molecule has 0 bridgehead atoms. The van der Waals surface area contributed by atoms with Gasteiger partial charge in [-0.3, -0.25) is 9.63 Å². The third-order valence-electron chi connectivity index (χ3n) is 4.99. The summed E-state index contributed by atoms with van der Waals surface area (Å²) in [6.45, 7) is 3.21. The van der Waals surface area contributed by atoms with Gasteiger partial charge in [-0.1, -0.05) is 30.3 Å². The van der Waals surface area contributed by atoms with Gasteiger partial charge in [0.1, 0.15) is 0 Å². The molecule has 4 nitrogen and oxygen atoms in total. The first-order valence-electron chi connectivity index (χ1n) is 7.87. The number of hydroxylamine groups is 2. The zero-order valence-corrected chi connectivity index (χ0v) is 12.8. The van der Waals surface area contributed by atoms with Crippen molar-refractivity contribution in [2.24, 2.45) is 0 Å². The van der Waals surface area contributed by atoms with Gasteiger partial charge in [0.2, 0.25) is 5.91 Å². The van der Waals surface area contributed by atoms with Crippen LogP contribution in [0, 0.1) is 0 Å². The number of nitrogens with zero attached hydrogens (tertiary/aromatic N) is 2. The lowest BCUT2D eigenvalue weighted by molar-refractivity contribution is -0.202. The molecule has 21 heavy (non-hydrogen) atoms. The van der Waals surface area contributed by atoms with E-state index in [1.54, 1.807) is 12.2 Å². The van der Waals surface area contributed by atoms with Crippen molar-refractivity contribution in [1.29, 1.82) is 0 Å². The van der Waals surface area contributed by atoms with Crippen LogP contribution in [0.3, 0.4) is 0 Å². The van der Waals surface area contributed by atoms with E-state index < -0.39 is 0 Å². The van der Waals surface area contributed by atoms with Crippen molar-refractivity contribution in [2.45, 2.75) is 37.6 Å². The molecule has 3 rings (SSSR count). The average Bonchev–Trinajstić information content (AvgIpc) is 2.84. The molecule has 1 aromatic carbocycles. The summed E-state index contributed by atoms with van der Waals surface area (Å²) in [5.41, 5.74) is 1.36. The molecule has 2 heterocycles. The first-order valence-corrected chi connectivity index (χ1v) is 7.87. The monoisotopic (exact) mass is 288 g/mol. The lowest BCUT2D eigenvalue weighted by Gasteiger charge is -2.43. The van der Waals surface area contributed by atoms with E-state index in [0.29, 0.717) is 6.42 Å². The van der Waals surface area contributed by atoms with Gasteiger partial charge in [-0.2, -0.15) is 0 Å². The van der Waals surface area contributed by atoms with Crippen molar-refractivity contribution in [3.8, 4) is 0 Å². The van der Waals surface area contributed by atoms with Crippen LogP contribution in [0.2, 0.25) is 0 Å². The van der Waals surface area contributed by atoms with Crippen LogP contribution in [0.15, 0.2) is 30.3 Å². The van der Waals surface area contributed by atoms with Crippen molar-refractivity contribution >= 4 is 5.91 Å². The van der Waals surface area contributed by atoms with Crippen molar-refractivity contribution in [1.82, 2.24) is 9.96 Å². The third-order valence-corrected chi connectivity index (χ3v) is 4.99. The lowest BCUT2D eigenvalue weighted by Crippen LogP contribution is -2.52. The summed E-state index contributed by atoms with van der Waals surface area (Å²) in [5.74, 6) is 0.148. The first-order chi connectivity index (χ1) is 10.2. The summed E-state index contributed by atoms with van der Waals surface area (Å²) in [7, 11) is 1.62. The van der Waals surface area contributed by atoms with Gasteiger partial charge in [0.05, 0.1) is 12.6 Å². The molecule has 2 aliphatic heterocycles. The van der Waals surface area contributed by atoms with E-state index in [9.17, 15) is 4.79 Å². The molecule has 0 aliphatic carbocycles. The number of benzene rings is 1. The molecule has 0 aromatic heterocycles. The molecule has 114 valence electrons. The van der Waals surface area contributed by atoms with Crippen LogP contribution >= 0.6 is 0 Å². The molecule has 1 amide bonds. The second kappa shape index (κ2) is 6.16. The average molecular weight is 288 g/mol. The maximum absolute atomic E-state index is 11.9. The van der Waals surface area contributed by atoms with E-state index in [1.807, 2.05) is 0 Å². The standard InChI is InChI=1S/C17H24N2O2/c1-21-19-16(20)7-9-17(19)10-13-18(14-11-17)12-8-15-5-3-2-4-6-15/h2-6H,7-14H2,1H3. The van der Waals surface area contributed by atoms with Crippen LogP contribution < -0.4 is 0 Å². The Morgan fingerprint density at radius 2 is 1.86 bits per heavy atom.